The number of carbonyl (C=O) groups excluding carboxylic acids is 3. The van der Waals surface area contributed by atoms with Crippen LogP contribution in [0.1, 0.15) is 52.5 Å². The van der Waals surface area contributed by atoms with Crippen molar-refractivity contribution in [2.24, 2.45) is 11.3 Å². The van der Waals surface area contributed by atoms with E-state index in [0.29, 0.717) is 19.6 Å². The van der Waals surface area contributed by atoms with Crippen LogP contribution in [-0.2, 0) is 39.9 Å². The smallest absolute Gasteiger partial charge is 0.324 e. The Hall–Kier alpha value is -2.41. The van der Waals surface area contributed by atoms with Gasteiger partial charge in [-0.2, -0.15) is 0 Å². The number of benzene rings is 1. The molecule has 1 aromatic carbocycles. The fourth-order valence-electron chi connectivity index (χ4n) is 3.19. The van der Waals surface area contributed by atoms with Crippen molar-refractivity contribution in [3.8, 4) is 0 Å². The Bertz CT molecular complexity index is 639. The van der Waals surface area contributed by atoms with Gasteiger partial charge in [-0.05, 0) is 38.7 Å². The van der Waals surface area contributed by atoms with Crippen molar-refractivity contribution >= 4 is 17.9 Å². The summed E-state index contributed by atoms with van der Waals surface area (Å²) in [5.74, 6) is -2.33. The fourth-order valence-corrected chi connectivity index (χ4v) is 3.19. The van der Waals surface area contributed by atoms with Crippen LogP contribution in [0.15, 0.2) is 30.3 Å². The maximum atomic E-state index is 12.9. The Kier molecular flexibility index (Phi) is 11.7. The molecule has 0 aliphatic rings. The van der Waals surface area contributed by atoms with Gasteiger partial charge in [-0.3, -0.25) is 14.4 Å². The number of carbonyl (C=O) groups is 3. The molecule has 1 unspecified atom stereocenters. The molecule has 7 nitrogen and oxygen atoms in total. The average molecular weight is 423 g/mol. The summed E-state index contributed by atoms with van der Waals surface area (Å²) in [6, 6.07) is 9.72. The number of esters is 3. The van der Waals surface area contributed by atoms with E-state index >= 15 is 0 Å². The van der Waals surface area contributed by atoms with E-state index < -0.39 is 29.7 Å². The molecule has 0 heterocycles. The van der Waals surface area contributed by atoms with Gasteiger partial charge in [0.05, 0.1) is 32.8 Å². The highest BCUT2D eigenvalue weighted by molar-refractivity contribution is 6.03. The quantitative estimate of drug-likeness (QED) is 0.257. The minimum atomic E-state index is -1.75. The lowest BCUT2D eigenvalue weighted by atomic mass is 9.75. The summed E-state index contributed by atoms with van der Waals surface area (Å²) >= 11 is 0. The topological polar surface area (TPSA) is 88.1 Å². The maximum absolute atomic E-state index is 12.9. The molecule has 0 aliphatic heterocycles. The number of hydrogen-bond donors (Lipinski definition) is 0. The van der Waals surface area contributed by atoms with Gasteiger partial charge in [0.25, 0.3) is 0 Å². The van der Waals surface area contributed by atoms with E-state index in [9.17, 15) is 14.4 Å². The van der Waals surface area contributed by atoms with Gasteiger partial charge in [-0.25, -0.2) is 0 Å². The molecule has 0 aliphatic carbocycles. The Balaban J connectivity index is 3.03. The lowest BCUT2D eigenvalue weighted by molar-refractivity contribution is -0.179. The number of rotatable bonds is 14. The van der Waals surface area contributed by atoms with Gasteiger partial charge in [0, 0.05) is 6.61 Å². The van der Waals surface area contributed by atoms with Crippen molar-refractivity contribution in [1.29, 1.82) is 0 Å². The lowest BCUT2D eigenvalue weighted by Gasteiger charge is -2.31. The van der Waals surface area contributed by atoms with E-state index in [1.54, 1.807) is 20.8 Å². The highest BCUT2D eigenvalue weighted by atomic mass is 16.6. The molecule has 7 heteroatoms. The highest BCUT2D eigenvalue weighted by Gasteiger charge is 2.52. The summed E-state index contributed by atoms with van der Waals surface area (Å²) in [5, 5.41) is 0. The van der Waals surface area contributed by atoms with Gasteiger partial charge in [0.15, 0.2) is 5.41 Å². The van der Waals surface area contributed by atoms with Crippen LogP contribution in [0.4, 0.5) is 0 Å². The molecule has 0 fully saturated rings. The summed E-state index contributed by atoms with van der Waals surface area (Å²) in [5.41, 5.74) is -0.726. The van der Waals surface area contributed by atoms with E-state index in [2.05, 4.69) is 0 Å². The number of ether oxygens (including phenoxy) is 4. The molecule has 0 N–H and O–H groups in total. The first kappa shape index (κ1) is 25.6. The summed E-state index contributed by atoms with van der Waals surface area (Å²) < 4.78 is 21.2. The first-order chi connectivity index (χ1) is 14.4. The fraction of sp³-hybridized carbons (Fsp3) is 0.609. The molecule has 0 amide bonds. The molecule has 0 radical (unpaired) electrons. The van der Waals surface area contributed by atoms with Gasteiger partial charge in [0.2, 0.25) is 0 Å². The molecule has 0 aromatic heterocycles. The van der Waals surface area contributed by atoms with Crippen molar-refractivity contribution in [1.82, 2.24) is 0 Å². The Labute approximate surface area is 179 Å². The third-order valence-corrected chi connectivity index (χ3v) is 4.76. The molecule has 168 valence electrons. The van der Waals surface area contributed by atoms with Crippen LogP contribution in [0.3, 0.4) is 0 Å². The summed E-state index contributed by atoms with van der Waals surface area (Å²) in [6.45, 7) is 7.99. The molecule has 30 heavy (non-hydrogen) atoms. The van der Waals surface area contributed by atoms with Crippen LogP contribution in [-0.4, -0.2) is 44.3 Å². The van der Waals surface area contributed by atoms with E-state index in [-0.39, 0.29) is 32.2 Å². The normalized spacial score (nSPS) is 12.1. The van der Waals surface area contributed by atoms with E-state index in [1.165, 1.54) is 0 Å². The molecule has 0 spiro atoms. The predicted molar refractivity (Wildman–Crippen MR) is 111 cm³/mol. The Morgan fingerprint density at radius 1 is 0.867 bits per heavy atom. The monoisotopic (exact) mass is 422 g/mol. The zero-order valence-electron chi connectivity index (χ0n) is 18.5. The minimum Gasteiger partial charge on any atom is -0.466 e. The van der Waals surface area contributed by atoms with Crippen LogP contribution in [0.25, 0.3) is 0 Å². The first-order valence-electron chi connectivity index (χ1n) is 10.5. The summed E-state index contributed by atoms with van der Waals surface area (Å²) in [6.07, 6.45) is 0.306. The van der Waals surface area contributed by atoms with Crippen LogP contribution in [0.5, 0.6) is 0 Å². The second-order valence-electron chi connectivity index (χ2n) is 6.98. The summed E-state index contributed by atoms with van der Waals surface area (Å²) in [7, 11) is 0. The van der Waals surface area contributed by atoms with Crippen LogP contribution in [0.2, 0.25) is 0 Å². The van der Waals surface area contributed by atoms with E-state index in [0.717, 1.165) is 5.56 Å². The summed E-state index contributed by atoms with van der Waals surface area (Å²) in [4.78, 5) is 38.1. The Morgan fingerprint density at radius 3 is 1.93 bits per heavy atom. The standard InChI is InChI=1S/C23H34O7/c1-5-18(16-27-17-19-12-10-9-11-13-19)14-23(21(25)29-7-3,22(26)30-8-4)15-20(24)28-6-2/h9-13,18H,5-8,14-17H2,1-4H3. The molecular formula is C23H34O7. The number of hydrogen-bond acceptors (Lipinski definition) is 7. The van der Waals surface area contributed by atoms with Crippen molar-refractivity contribution in [2.45, 2.75) is 53.6 Å². The minimum absolute atomic E-state index is 0.0781. The molecule has 1 aromatic rings. The lowest BCUT2D eigenvalue weighted by Crippen LogP contribution is -2.46. The first-order valence-corrected chi connectivity index (χ1v) is 10.5. The second kappa shape index (κ2) is 13.7. The van der Waals surface area contributed by atoms with Crippen molar-refractivity contribution in [3.05, 3.63) is 35.9 Å². The third kappa shape index (κ3) is 7.78. The highest BCUT2D eigenvalue weighted by Crippen LogP contribution is 2.36. The van der Waals surface area contributed by atoms with E-state index in [1.807, 2.05) is 37.3 Å². The molecule has 1 rings (SSSR count). The van der Waals surface area contributed by atoms with Crippen molar-refractivity contribution in [2.75, 3.05) is 26.4 Å². The predicted octanol–water partition coefficient (Wildman–Crippen LogP) is 3.69. The van der Waals surface area contributed by atoms with Crippen LogP contribution >= 0.6 is 0 Å². The zero-order valence-corrected chi connectivity index (χ0v) is 18.5. The van der Waals surface area contributed by atoms with Gasteiger partial charge >= 0.3 is 17.9 Å². The second-order valence-corrected chi connectivity index (χ2v) is 6.98. The zero-order chi connectivity index (χ0) is 22.4. The van der Waals surface area contributed by atoms with E-state index in [4.69, 9.17) is 18.9 Å². The third-order valence-electron chi connectivity index (χ3n) is 4.76. The molecule has 0 saturated carbocycles. The molecule has 1 atom stereocenters. The largest absolute Gasteiger partial charge is 0.466 e. The molecule has 0 bridgehead atoms. The molecule has 0 saturated heterocycles. The van der Waals surface area contributed by atoms with Crippen molar-refractivity contribution < 1.29 is 33.3 Å². The van der Waals surface area contributed by atoms with Gasteiger partial charge in [0.1, 0.15) is 0 Å². The van der Waals surface area contributed by atoms with Gasteiger partial charge in [-0.1, -0.05) is 43.7 Å². The van der Waals surface area contributed by atoms with Gasteiger partial charge < -0.3 is 18.9 Å². The maximum Gasteiger partial charge on any atom is 0.324 e. The SMILES string of the molecule is CCOC(=O)CC(CC(CC)COCc1ccccc1)(C(=O)OCC)C(=O)OCC. The molecular weight excluding hydrogens is 388 g/mol. The van der Waals surface area contributed by atoms with Crippen LogP contribution < -0.4 is 0 Å². The Morgan fingerprint density at radius 2 is 1.43 bits per heavy atom. The van der Waals surface area contributed by atoms with Gasteiger partial charge in [-0.15, -0.1) is 0 Å². The average Bonchev–Trinajstić information content (AvgIpc) is 2.73. The van der Waals surface area contributed by atoms with Crippen molar-refractivity contribution in [3.63, 3.8) is 0 Å². The van der Waals surface area contributed by atoms with Crippen LogP contribution in [0, 0.1) is 11.3 Å².